The Morgan fingerprint density at radius 1 is 1.60 bits per heavy atom. The van der Waals surface area contributed by atoms with E-state index in [-0.39, 0.29) is 12.0 Å². The molecule has 1 aromatic rings. The molecular formula is C12H13NO2. The Morgan fingerprint density at radius 3 is 3.13 bits per heavy atom. The van der Waals surface area contributed by atoms with E-state index in [1.54, 1.807) is 6.08 Å². The van der Waals surface area contributed by atoms with Crippen molar-refractivity contribution in [1.82, 2.24) is 5.32 Å². The lowest BCUT2D eigenvalue weighted by Crippen LogP contribution is -2.37. The number of rotatable bonds is 3. The lowest BCUT2D eigenvalue weighted by molar-refractivity contribution is -0.127. The monoisotopic (exact) mass is 203 g/mol. The fourth-order valence-electron chi connectivity index (χ4n) is 1.61. The molecule has 1 aromatic carbocycles. The molecule has 0 bridgehead atoms. The third-order valence-electron chi connectivity index (χ3n) is 2.36. The lowest BCUT2D eigenvalue weighted by atomic mass is 10.1. The Labute approximate surface area is 88.8 Å². The molecular weight excluding hydrogens is 190 g/mol. The Kier molecular flexibility index (Phi) is 2.72. The molecule has 1 atom stereocenters. The van der Waals surface area contributed by atoms with Crippen LogP contribution in [0.2, 0.25) is 0 Å². The SMILES string of the molecule is C=CCNC(=O)[C@H]1Cc2ccccc2O1. The average Bonchev–Trinajstić information content (AvgIpc) is 2.69. The zero-order valence-electron chi connectivity index (χ0n) is 8.40. The zero-order chi connectivity index (χ0) is 10.7. The Morgan fingerprint density at radius 2 is 2.40 bits per heavy atom. The summed E-state index contributed by atoms with van der Waals surface area (Å²) in [4.78, 5) is 11.6. The second kappa shape index (κ2) is 4.17. The van der Waals surface area contributed by atoms with E-state index in [1.807, 2.05) is 24.3 Å². The molecule has 0 fully saturated rings. The van der Waals surface area contributed by atoms with Gasteiger partial charge in [-0.1, -0.05) is 24.3 Å². The highest BCUT2D eigenvalue weighted by molar-refractivity contribution is 5.82. The summed E-state index contributed by atoms with van der Waals surface area (Å²) in [6.45, 7) is 4.02. The van der Waals surface area contributed by atoms with Crippen LogP contribution in [-0.4, -0.2) is 18.6 Å². The molecule has 1 heterocycles. The summed E-state index contributed by atoms with van der Waals surface area (Å²) in [5, 5.41) is 2.73. The van der Waals surface area contributed by atoms with E-state index in [4.69, 9.17) is 4.74 Å². The van der Waals surface area contributed by atoms with Crippen LogP contribution < -0.4 is 10.1 Å². The van der Waals surface area contributed by atoms with Crippen LogP contribution in [0.5, 0.6) is 5.75 Å². The number of carbonyl (C=O) groups excluding carboxylic acids is 1. The van der Waals surface area contributed by atoms with E-state index >= 15 is 0 Å². The van der Waals surface area contributed by atoms with Gasteiger partial charge in [0, 0.05) is 13.0 Å². The minimum absolute atomic E-state index is 0.0777. The minimum Gasteiger partial charge on any atom is -0.480 e. The minimum atomic E-state index is -0.387. The predicted octanol–water partition coefficient (Wildman–Crippen LogP) is 1.29. The van der Waals surface area contributed by atoms with E-state index in [0.29, 0.717) is 13.0 Å². The summed E-state index contributed by atoms with van der Waals surface area (Å²) < 4.78 is 5.52. The van der Waals surface area contributed by atoms with Gasteiger partial charge in [-0.2, -0.15) is 0 Å². The van der Waals surface area contributed by atoms with E-state index < -0.39 is 0 Å². The van der Waals surface area contributed by atoms with E-state index in [0.717, 1.165) is 11.3 Å². The van der Waals surface area contributed by atoms with Crippen molar-refractivity contribution in [1.29, 1.82) is 0 Å². The molecule has 0 saturated heterocycles. The first-order chi connectivity index (χ1) is 7.31. The molecule has 1 aliphatic rings. The molecule has 15 heavy (non-hydrogen) atoms. The van der Waals surface area contributed by atoms with E-state index in [1.165, 1.54) is 0 Å². The smallest absolute Gasteiger partial charge is 0.261 e. The summed E-state index contributed by atoms with van der Waals surface area (Å²) in [5.41, 5.74) is 1.09. The van der Waals surface area contributed by atoms with Crippen LogP contribution in [-0.2, 0) is 11.2 Å². The summed E-state index contributed by atoms with van der Waals surface area (Å²) in [5.74, 6) is 0.738. The van der Waals surface area contributed by atoms with Crippen molar-refractivity contribution in [2.75, 3.05) is 6.54 Å². The van der Waals surface area contributed by atoms with E-state index in [2.05, 4.69) is 11.9 Å². The van der Waals surface area contributed by atoms with Gasteiger partial charge in [0.15, 0.2) is 6.10 Å². The van der Waals surface area contributed by atoms with Crippen molar-refractivity contribution in [3.8, 4) is 5.75 Å². The van der Waals surface area contributed by atoms with Crippen LogP contribution in [0.15, 0.2) is 36.9 Å². The largest absolute Gasteiger partial charge is 0.480 e. The van der Waals surface area contributed by atoms with Crippen LogP contribution in [0, 0.1) is 0 Å². The predicted molar refractivity (Wildman–Crippen MR) is 57.8 cm³/mol. The number of nitrogens with one attached hydrogen (secondary N) is 1. The summed E-state index contributed by atoms with van der Waals surface area (Å²) >= 11 is 0. The molecule has 3 nitrogen and oxygen atoms in total. The fourth-order valence-corrected chi connectivity index (χ4v) is 1.61. The van der Waals surface area contributed by atoms with Gasteiger partial charge in [0.05, 0.1) is 0 Å². The summed E-state index contributed by atoms with van der Waals surface area (Å²) in [6, 6.07) is 7.72. The quantitative estimate of drug-likeness (QED) is 0.752. The van der Waals surface area contributed by atoms with Gasteiger partial charge in [-0.25, -0.2) is 0 Å². The number of ether oxygens (including phenoxy) is 1. The van der Waals surface area contributed by atoms with Gasteiger partial charge in [-0.3, -0.25) is 4.79 Å². The maximum absolute atomic E-state index is 11.6. The molecule has 0 aromatic heterocycles. The Hall–Kier alpha value is -1.77. The summed E-state index contributed by atoms with van der Waals surface area (Å²) in [6.07, 6.45) is 1.92. The number of fused-ring (bicyclic) bond motifs is 1. The van der Waals surface area contributed by atoms with Crippen LogP contribution in [0.25, 0.3) is 0 Å². The van der Waals surface area contributed by atoms with E-state index in [9.17, 15) is 4.79 Å². The first-order valence-corrected chi connectivity index (χ1v) is 4.94. The number of benzene rings is 1. The van der Waals surface area contributed by atoms with Crippen LogP contribution >= 0.6 is 0 Å². The highest BCUT2D eigenvalue weighted by Crippen LogP contribution is 2.27. The third-order valence-corrected chi connectivity index (χ3v) is 2.36. The standard InChI is InChI=1S/C12H13NO2/c1-2-7-13-12(14)11-8-9-5-3-4-6-10(9)15-11/h2-6,11H,1,7-8H2,(H,13,14)/t11-/m1/s1. The van der Waals surface area contributed by atoms with Crippen molar-refractivity contribution >= 4 is 5.91 Å². The van der Waals surface area contributed by atoms with Gasteiger partial charge in [0.25, 0.3) is 5.91 Å². The zero-order valence-corrected chi connectivity index (χ0v) is 8.40. The topological polar surface area (TPSA) is 38.3 Å². The van der Waals surface area contributed by atoms with Crippen LogP contribution in [0.1, 0.15) is 5.56 Å². The molecule has 78 valence electrons. The van der Waals surface area contributed by atoms with Crippen LogP contribution in [0.3, 0.4) is 0 Å². The van der Waals surface area contributed by atoms with Gasteiger partial charge in [0.2, 0.25) is 0 Å². The van der Waals surface area contributed by atoms with Crippen molar-refractivity contribution in [2.24, 2.45) is 0 Å². The van der Waals surface area contributed by atoms with Crippen molar-refractivity contribution < 1.29 is 9.53 Å². The number of para-hydroxylation sites is 1. The first-order valence-electron chi connectivity index (χ1n) is 4.94. The highest BCUT2D eigenvalue weighted by Gasteiger charge is 2.27. The number of carbonyl (C=O) groups is 1. The molecule has 0 spiro atoms. The number of hydrogen-bond donors (Lipinski definition) is 1. The maximum atomic E-state index is 11.6. The van der Waals surface area contributed by atoms with Crippen molar-refractivity contribution in [3.63, 3.8) is 0 Å². The lowest BCUT2D eigenvalue weighted by Gasteiger charge is -2.09. The molecule has 3 heteroatoms. The molecule has 0 unspecified atom stereocenters. The van der Waals surface area contributed by atoms with Gasteiger partial charge in [-0.05, 0) is 11.6 Å². The Balaban J connectivity index is 2.00. The Bertz CT molecular complexity index is 362. The number of amides is 1. The normalized spacial score (nSPS) is 17.7. The number of hydrogen-bond acceptors (Lipinski definition) is 2. The molecule has 0 aliphatic carbocycles. The van der Waals surface area contributed by atoms with Crippen molar-refractivity contribution in [3.05, 3.63) is 42.5 Å². The van der Waals surface area contributed by atoms with Gasteiger partial charge in [0.1, 0.15) is 5.75 Å². The fraction of sp³-hybridized carbons (Fsp3) is 0.250. The molecule has 2 rings (SSSR count). The molecule has 1 amide bonds. The van der Waals surface area contributed by atoms with Gasteiger partial charge >= 0.3 is 0 Å². The van der Waals surface area contributed by atoms with Gasteiger partial charge < -0.3 is 10.1 Å². The first kappa shape index (κ1) is 9.77. The second-order valence-electron chi connectivity index (χ2n) is 3.45. The van der Waals surface area contributed by atoms with Crippen molar-refractivity contribution in [2.45, 2.75) is 12.5 Å². The second-order valence-corrected chi connectivity index (χ2v) is 3.45. The summed E-state index contributed by atoms with van der Waals surface area (Å²) in [7, 11) is 0. The average molecular weight is 203 g/mol. The molecule has 0 radical (unpaired) electrons. The molecule has 0 saturated carbocycles. The van der Waals surface area contributed by atoms with Crippen LogP contribution in [0.4, 0.5) is 0 Å². The maximum Gasteiger partial charge on any atom is 0.261 e. The highest BCUT2D eigenvalue weighted by atomic mass is 16.5. The third kappa shape index (κ3) is 2.01. The van der Waals surface area contributed by atoms with Gasteiger partial charge in [-0.15, -0.1) is 6.58 Å². The molecule has 1 aliphatic heterocycles. The molecule has 1 N–H and O–H groups in total.